The molecule has 1 aromatic carbocycles. The Morgan fingerprint density at radius 3 is 2.90 bits per heavy atom. The maximum atomic E-state index is 5.73. The van der Waals surface area contributed by atoms with E-state index < -0.39 is 0 Å². The number of nitrogens with two attached hydrogens (primary N) is 1. The number of hydrogen-bond donors (Lipinski definition) is 2. The molecule has 102 valence electrons. The highest BCUT2D eigenvalue weighted by Gasteiger charge is 2.11. The molecule has 0 spiro atoms. The summed E-state index contributed by atoms with van der Waals surface area (Å²) < 4.78 is 0. The maximum Gasteiger partial charge on any atom is 0.0705 e. The lowest BCUT2D eigenvalue weighted by atomic mass is 9.99. The largest absolute Gasteiger partial charge is 0.271 e. The molecule has 1 unspecified atom stereocenters. The van der Waals surface area contributed by atoms with Crippen molar-refractivity contribution in [3.8, 4) is 0 Å². The normalized spacial score (nSPS) is 12.7. The first-order valence-electron chi connectivity index (χ1n) is 6.61. The van der Waals surface area contributed by atoms with Crippen LogP contribution in [0.25, 0.3) is 10.9 Å². The zero-order valence-electron chi connectivity index (χ0n) is 11.3. The smallest absolute Gasteiger partial charge is 0.0705 e. The Hall–Kier alpha value is -1.75. The van der Waals surface area contributed by atoms with E-state index in [2.05, 4.69) is 51.5 Å². The first-order valence-corrected chi connectivity index (χ1v) is 7.55. The molecule has 0 aliphatic heterocycles. The molecule has 0 amide bonds. The van der Waals surface area contributed by atoms with Crippen molar-refractivity contribution in [2.45, 2.75) is 19.4 Å². The minimum absolute atomic E-state index is 0.121. The minimum atomic E-state index is 0.121. The molecule has 3 nitrogen and oxygen atoms in total. The second-order valence-electron chi connectivity index (χ2n) is 4.96. The van der Waals surface area contributed by atoms with Gasteiger partial charge in [0.2, 0.25) is 0 Å². The molecule has 20 heavy (non-hydrogen) atoms. The van der Waals surface area contributed by atoms with Crippen LogP contribution in [0.5, 0.6) is 0 Å². The predicted molar refractivity (Wildman–Crippen MR) is 84.6 cm³/mol. The molecule has 1 atom stereocenters. The fourth-order valence-corrected chi connectivity index (χ4v) is 3.06. The van der Waals surface area contributed by atoms with Crippen molar-refractivity contribution in [2.24, 2.45) is 5.84 Å². The first kappa shape index (κ1) is 13.2. The van der Waals surface area contributed by atoms with Crippen LogP contribution in [-0.4, -0.2) is 4.98 Å². The van der Waals surface area contributed by atoms with Gasteiger partial charge in [0.15, 0.2) is 0 Å². The predicted octanol–water partition coefficient (Wildman–Crippen LogP) is 3.35. The van der Waals surface area contributed by atoms with E-state index in [1.54, 1.807) is 11.3 Å². The topological polar surface area (TPSA) is 50.9 Å². The summed E-state index contributed by atoms with van der Waals surface area (Å²) in [6.45, 7) is 2.01. The van der Waals surface area contributed by atoms with Gasteiger partial charge in [-0.25, -0.2) is 0 Å². The van der Waals surface area contributed by atoms with Gasteiger partial charge in [-0.15, -0.1) is 0 Å². The second kappa shape index (κ2) is 5.71. The molecule has 3 N–H and O–H groups in total. The number of rotatable bonds is 4. The average Bonchev–Trinajstić information content (AvgIpc) is 2.97. The lowest BCUT2D eigenvalue weighted by Crippen LogP contribution is -2.29. The molecule has 3 rings (SSSR count). The Labute approximate surface area is 122 Å². The number of thiophene rings is 1. The van der Waals surface area contributed by atoms with Crippen LogP contribution < -0.4 is 11.3 Å². The monoisotopic (exact) mass is 283 g/mol. The summed E-state index contributed by atoms with van der Waals surface area (Å²) in [7, 11) is 0. The fourth-order valence-electron chi connectivity index (χ4n) is 2.38. The Balaban J connectivity index is 1.93. The van der Waals surface area contributed by atoms with Crippen molar-refractivity contribution in [2.75, 3.05) is 0 Å². The van der Waals surface area contributed by atoms with Gasteiger partial charge in [-0.1, -0.05) is 12.1 Å². The number of benzene rings is 1. The van der Waals surface area contributed by atoms with Crippen molar-refractivity contribution in [1.29, 1.82) is 0 Å². The third-order valence-electron chi connectivity index (χ3n) is 3.48. The number of nitrogens with one attached hydrogen (secondary N) is 1. The Bertz CT molecular complexity index is 707. The molecule has 0 aliphatic rings. The van der Waals surface area contributed by atoms with Gasteiger partial charge >= 0.3 is 0 Å². The zero-order valence-corrected chi connectivity index (χ0v) is 12.2. The number of pyridine rings is 1. The molecule has 3 aromatic rings. The van der Waals surface area contributed by atoms with Crippen LogP contribution in [0.1, 0.15) is 22.9 Å². The van der Waals surface area contributed by atoms with Gasteiger partial charge in [0.1, 0.15) is 0 Å². The number of hydrazine groups is 1. The molecule has 0 saturated carbocycles. The van der Waals surface area contributed by atoms with Crippen LogP contribution >= 0.6 is 11.3 Å². The summed E-state index contributed by atoms with van der Waals surface area (Å²) in [4.78, 5) is 4.53. The van der Waals surface area contributed by atoms with E-state index in [-0.39, 0.29) is 6.04 Å². The molecule has 4 heteroatoms. The van der Waals surface area contributed by atoms with E-state index in [9.17, 15) is 0 Å². The lowest BCUT2D eigenvalue weighted by Gasteiger charge is -2.16. The van der Waals surface area contributed by atoms with E-state index in [0.717, 1.165) is 23.0 Å². The SMILES string of the molecule is Cc1ccc2cc(C(Cc3ccsc3)NN)ccc2n1. The maximum absolute atomic E-state index is 5.73. The quantitative estimate of drug-likeness (QED) is 0.570. The van der Waals surface area contributed by atoms with Crippen LogP contribution in [0.4, 0.5) is 0 Å². The van der Waals surface area contributed by atoms with Crippen molar-refractivity contribution in [3.05, 3.63) is 64.0 Å². The minimum Gasteiger partial charge on any atom is -0.271 e. The molecule has 0 saturated heterocycles. The van der Waals surface area contributed by atoms with Crippen LogP contribution in [0.15, 0.2) is 47.2 Å². The summed E-state index contributed by atoms with van der Waals surface area (Å²) in [5, 5.41) is 5.41. The third-order valence-corrected chi connectivity index (χ3v) is 4.21. The number of hydrogen-bond acceptors (Lipinski definition) is 4. The van der Waals surface area contributed by atoms with E-state index >= 15 is 0 Å². The Kier molecular flexibility index (Phi) is 3.78. The number of fused-ring (bicyclic) bond motifs is 1. The molecular formula is C16H17N3S. The number of nitrogens with zero attached hydrogens (tertiary/aromatic N) is 1. The second-order valence-corrected chi connectivity index (χ2v) is 5.74. The number of aromatic nitrogens is 1. The molecule has 0 radical (unpaired) electrons. The fraction of sp³-hybridized carbons (Fsp3) is 0.188. The highest BCUT2D eigenvalue weighted by molar-refractivity contribution is 7.07. The third kappa shape index (κ3) is 2.72. The average molecular weight is 283 g/mol. The standard InChI is InChI=1S/C16H17N3S/c1-11-2-3-13-9-14(4-5-15(13)18-11)16(19-17)8-12-6-7-20-10-12/h2-7,9-10,16,19H,8,17H2,1H3. The Morgan fingerprint density at radius 1 is 1.25 bits per heavy atom. The summed E-state index contributed by atoms with van der Waals surface area (Å²) in [5.41, 5.74) is 7.48. The van der Waals surface area contributed by atoms with E-state index in [1.165, 1.54) is 11.1 Å². The van der Waals surface area contributed by atoms with Crippen molar-refractivity contribution in [3.63, 3.8) is 0 Å². The molecule has 2 heterocycles. The van der Waals surface area contributed by atoms with E-state index in [0.29, 0.717) is 0 Å². The van der Waals surface area contributed by atoms with Crippen LogP contribution in [0, 0.1) is 6.92 Å². The summed E-state index contributed by atoms with van der Waals surface area (Å²) in [6.07, 6.45) is 0.894. The van der Waals surface area contributed by atoms with E-state index in [4.69, 9.17) is 5.84 Å². The van der Waals surface area contributed by atoms with Crippen LogP contribution in [-0.2, 0) is 6.42 Å². The van der Waals surface area contributed by atoms with Gasteiger partial charge in [-0.2, -0.15) is 11.3 Å². The molecule has 2 aromatic heterocycles. The van der Waals surface area contributed by atoms with E-state index in [1.807, 2.05) is 13.0 Å². The number of aryl methyl sites for hydroxylation is 1. The van der Waals surface area contributed by atoms with Gasteiger partial charge in [0, 0.05) is 11.1 Å². The molecular weight excluding hydrogens is 266 g/mol. The highest BCUT2D eigenvalue weighted by atomic mass is 32.1. The van der Waals surface area contributed by atoms with Gasteiger partial charge in [0.25, 0.3) is 0 Å². The van der Waals surface area contributed by atoms with Crippen molar-refractivity contribution in [1.82, 2.24) is 10.4 Å². The highest BCUT2D eigenvalue weighted by Crippen LogP contribution is 2.23. The van der Waals surface area contributed by atoms with Gasteiger partial charge in [-0.05, 0) is 59.5 Å². The molecule has 0 aliphatic carbocycles. The first-order chi connectivity index (χ1) is 9.76. The summed E-state index contributed by atoms with van der Waals surface area (Å²) in [5.74, 6) is 5.73. The van der Waals surface area contributed by atoms with Crippen molar-refractivity contribution >= 4 is 22.2 Å². The molecule has 0 bridgehead atoms. The summed E-state index contributed by atoms with van der Waals surface area (Å²) >= 11 is 1.71. The lowest BCUT2D eigenvalue weighted by molar-refractivity contribution is 0.553. The van der Waals surface area contributed by atoms with Crippen LogP contribution in [0.3, 0.4) is 0 Å². The van der Waals surface area contributed by atoms with Crippen molar-refractivity contribution < 1.29 is 0 Å². The zero-order chi connectivity index (χ0) is 13.9. The van der Waals surface area contributed by atoms with Gasteiger partial charge < -0.3 is 0 Å². The molecule has 0 fully saturated rings. The van der Waals surface area contributed by atoms with Gasteiger partial charge in [0.05, 0.1) is 11.6 Å². The Morgan fingerprint density at radius 2 is 2.15 bits per heavy atom. The summed E-state index contributed by atoms with van der Waals surface area (Å²) in [6, 6.07) is 12.7. The van der Waals surface area contributed by atoms with Crippen LogP contribution in [0.2, 0.25) is 0 Å². The van der Waals surface area contributed by atoms with Gasteiger partial charge in [-0.3, -0.25) is 16.3 Å².